The third kappa shape index (κ3) is 1.95. The van der Waals surface area contributed by atoms with Crippen LogP contribution in [0.2, 0.25) is 0 Å². The maximum atomic E-state index is 12.3. The van der Waals surface area contributed by atoms with Crippen molar-refractivity contribution in [3.63, 3.8) is 0 Å². The van der Waals surface area contributed by atoms with Gasteiger partial charge in [0, 0.05) is 6.42 Å². The maximum absolute atomic E-state index is 12.3. The zero-order valence-electron chi connectivity index (χ0n) is 11.8. The fraction of sp³-hybridized carbons (Fsp3) is 0.562. The van der Waals surface area contributed by atoms with E-state index in [9.17, 15) is 9.90 Å². The molecule has 0 spiro atoms. The summed E-state index contributed by atoms with van der Waals surface area (Å²) in [5.41, 5.74) is 0.505. The van der Waals surface area contributed by atoms with Gasteiger partial charge in [-0.25, -0.2) is 0 Å². The predicted octanol–water partition coefficient (Wildman–Crippen LogP) is 2.24. The number of amides is 1. The Morgan fingerprint density at radius 3 is 2.80 bits per heavy atom. The Kier molecular flexibility index (Phi) is 3.52. The molecule has 2 heterocycles. The first-order valence-corrected chi connectivity index (χ1v) is 7.37. The van der Waals surface area contributed by atoms with Crippen LogP contribution in [0, 0.1) is 0 Å². The highest BCUT2D eigenvalue weighted by molar-refractivity contribution is 5.78. The number of hydrogen-bond donors (Lipinski definition) is 1. The molecule has 2 fully saturated rings. The second-order valence-corrected chi connectivity index (χ2v) is 5.62. The van der Waals surface area contributed by atoms with Gasteiger partial charge in [-0.05, 0) is 24.8 Å². The second kappa shape index (κ2) is 5.19. The summed E-state index contributed by atoms with van der Waals surface area (Å²) in [6.45, 7) is 1.99. The lowest BCUT2D eigenvalue weighted by Gasteiger charge is -2.41. The maximum Gasteiger partial charge on any atom is 0.225 e. The number of ether oxygens (including phenoxy) is 1. The summed E-state index contributed by atoms with van der Waals surface area (Å²) in [5, 5.41) is 9.79. The van der Waals surface area contributed by atoms with Crippen molar-refractivity contribution in [3.8, 4) is 0 Å². The topological polar surface area (TPSA) is 49.8 Å². The molecule has 0 unspecified atom stereocenters. The summed E-state index contributed by atoms with van der Waals surface area (Å²) in [6, 6.07) is 9.61. The molecule has 20 heavy (non-hydrogen) atoms. The van der Waals surface area contributed by atoms with Crippen molar-refractivity contribution in [2.24, 2.45) is 0 Å². The van der Waals surface area contributed by atoms with Gasteiger partial charge in [0.1, 0.15) is 11.8 Å². The van der Waals surface area contributed by atoms with Crippen LogP contribution >= 0.6 is 0 Å². The van der Waals surface area contributed by atoms with Crippen molar-refractivity contribution < 1.29 is 14.6 Å². The largest absolute Gasteiger partial charge is 0.394 e. The molecule has 4 heteroatoms. The Labute approximate surface area is 119 Å². The van der Waals surface area contributed by atoms with E-state index in [1.54, 1.807) is 0 Å². The molecule has 1 aromatic rings. The number of carbonyl (C=O) groups is 1. The minimum atomic E-state index is -0.525. The summed E-state index contributed by atoms with van der Waals surface area (Å²) in [4.78, 5) is 14.1. The molecule has 2 aliphatic heterocycles. The molecule has 3 rings (SSSR count). The highest BCUT2D eigenvalue weighted by Gasteiger charge is 2.55. The number of piperidine rings is 1. The normalized spacial score (nSPS) is 33.3. The lowest BCUT2D eigenvalue weighted by Crippen LogP contribution is -2.54. The molecule has 0 aliphatic carbocycles. The van der Waals surface area contributed by atoms with Crippen LogP contribution in [-0.2, 0) is 9.53 Å². The van der Waals surface area contributed by atoms with E-state index in [1.807, 2.05) is 42.2 Å². The van der Waals surface area contributed by atoms with E-state index >= 15 is 0 Å². The molecule has 2 saturated heterocycles. The van der Waals surface area contributed by atoms with Gasteiger partial charge < -0.3 is 14.7 Å². The number of benzene rings is 1. The first-order chi connectivity index (χ1) is 9.72. The van der Waals surface area contributed by atoms with E-state index in [1.165, 1.54) is 0 Å². The van der Waals surface area contributed by atoms with E-state index in [4.69, 9.17) is 4.74 Å². The van der Waals surface area contributed by atoms with Gasteiger partial charge in [0.25, 0.3) is 0 Å². The standard InChI is InChI=1S/C16H21NO3/c1-2-16-10-6-9-14(19)17(16)13(11-18)15(20-16)12-7-4-3-5-8-12/h3-5,7-8,13,15,18H,2,6,9-11H2,1H3/t13-,15-,16+/m0/s1. The minimum Gasteiger partial charge on any atom is -0.394 e. The highest BCUT2D eigenvalue weighted by atomic mass is 16.5. The number of aliphatic hydroxyl groups excluding tert-OH is 1. The summed E-state index contributed by atoms with van der Waals surface area (Å²) in [6.07, 6.45) is 2.81. The SMILES string of the molecule is CC[C@@]12CCCC(=O)N1[C@@H](CO)[C@H](c1ccccc1)O2. The first kappa shape index (κ1) is 13.6. The van der Waals surface area contributed by atoms with Gasteiger partial charge in [0.2, 0.25) is 5.91 Å². The predicted molar refractivity (Wildman–Crippen MR) is 74.9 cm³/mol. The second-order valence-electron chi connectivity index (χ2n) is 5.62. The van der Waals surface area contributed by atoms with Crippen molar-refractivity contribution in [1.82, 2.24) is 4.90 Å². The van der Waals surface area contributed by atoms with E-state index in [-0.39, 0.29) is 24.7 Å². The Morgan fingerprint density at radius 1 is 1.40 bits per heavy atom. The first-order valence-electron chi connectivity index (χ1n) is 7.37. The molecule has 1 aromatic carbocycles. The molecule has 4 nitrogen and oxygen atoms in total. The monoisotopic (exact) mass is 275 g/mol. The number of hydrogen-bond acceptors (Lipinski definition) is 3. The van der Waals surface area contributed by atoms with Crippen molar-refractivity contribution in [1.29, 1.82) is 0 Å². The molecule has 0 bridgehead atoms. The fourth-order valence-corrected chi connectivity index (χ4v) is 3.58. The molecule has 2 aliphatic rings. The average molecular weight is 275 g/mol. The van der Waals surface area contributed by atoms with Gasteiger partial charge >= 0.3 is 0 Å². The van der Waals surface area contributed by atoms with Gasteiger partial charge in [0.05, 0.1) is 12.6 Å². The van der Waals surface area contributed by atoms with Crippen molar-refractivity contribution in [2.45, 2.75) is 50.5 Å². The summed E-state index contributed by atoms with van der Waals surface area (Å²) >= 11 is 0. The molecule has 1 N–H and O–H groups in total. The van der Waals surface area contributed by atoms with E-state index < -0.39 is 5.72 Å². The molecule has 3 atom stereocenters. The van der Waals surface area contributed by atoms with Gasteiger partial charge in [-0.15, -0.1) is 0 Å². The van der Waals surface area contributed by atoms with Crippen molar-refractivity contribution >= 4 is 5.91 Å². The number of carbonyl (C=O) groups excluding carboxylic acids is 1. The van der Waals surface area contributed by atoms with E-state index in [0.29, 0.717) is 6.42 Å². The molecular weight excluding hydrogens is 254 g/mol. The summed E-state index contributed by atoms with van der Waals surface area (Å²) < 4.78 is 6.31. The number of fused-ring (bicyclic) bond motifs is 1. The van der Waals surface area contributed by atoms with E-state index in [2.05, 4.69) is 0 Å². The number of aliphatic hydroxyl groups is 1. The number of rotatable bonds is 3. The van der Waals surface area contributed by atoms with Crippen LogP contribution in [0.4, 0.5) is 0 Å². The van der Waals surface area contributed by atoms with E-state index in [0.717, 1.165) is 24.8 Å². The van der Waals surface area contributed by atoms with Gasteiger partial charge in [0.15, 0.2) is 0 Å². The minimum absolute atomic E-state index is 0.0624. The van der Waals surface area contributed by atoms with Crippen molar-refractivity contribution in [2.75, 3.05) is 6.61 Å². The Balaban J connectivity index is 2.00. The van der Waals surface area contributed by atoms with Gasteiger partial charge in [-0.3, -0.25) is 4.79 Å². The average Bonchev–Trinajstić information content (AvgIpc) is 2.84. The van der Waals surface area contributed by atoms with Crippen LogP contribution in [0.1, 0.15) is 44.3 Å². The van der Waals surface area contributed by atoms with Crippen LogP contribution in [0.3, 0.4) is 0 Å². The quantitative estimate of drug-likeness (QED) is 0.920. The zero-order chi connectivity index (χ0) is 14.2. The van der Waals surface area contributed by atoms with Crippen molar-refractivity contribution in [3.05, 3.63) is 35.9 Å². The molecule has 0 saturated carbocycles. The smallest absolute Gasteiger partial charge is 0.225 e. The third-order valence-corrected chi connectivity index (χ3v) is 4.56. The van der Waals surface area contributed by atoms with Crippen LogP contribution in [0.15, 0.2) is 30.3 Å². The summed E-state index contributed by atoms with van der Waals surface area (Å²) in [7, 11) is 0. The van der Waals surface area contributed by atoms with Crippen LogP contribution in [-0.4, -0.2) is 34.3 Å². The van der Waals surface area contributed by atoms with Gasteiger partial charge in [-0.1, -0.05) is 37.3 Å². The molecule has 1 amide bonds. The molecular formula is C16H21NO3. The lowest BCUT2D eigenvalue weighted by atomic mass is 9.94. The molecule has 0 aromatic heterocycles. The summed E-state index contributed by atoms with van der Waals surface area (Å²) in [5.74, 6) is 0.107. The Bertz CT molecular complexity index is 490. The Hall–Kier alpha value is -1.39. The van der Waals surface area contributed by atoms with Crippen LogP contribution in [0.25, 0.3) is 0 Å². The fourth-order valence-electron chi connectivity index (χ4n) is 3.58. The highest BCUT2D eigenvalue weighted by Crippen LogP contribution is 2.47. The molecule has 108 valence electrons. The van der Waals surface area contributed by atoms with Gasteiger partial charge in [-0.2, -0.15) is 0 Å². The Morgan fingerprint density at radius 2 is 2.15 bits per heavy atom. The lowest BCUT2D eigenvalue weighted by molar-refractivity contribution is -0.165. The van der Waals surface area contributed by atoms with Crippen LogP contribution in [0.5, 0.6) is 0 Å². The number of nitrogens with zero attached hydrogens (tertiary/aromatic N) is 1. The zero-order valence-corrected chi connectivity index (χ0v) is 11.8. The van der Waals surface area contributed by atoms with Crippen LogP contribution < -0.4 is 0 Å². The third-order valence-electron chi connectivity index (χ3n) is 4.56. The molecule has 0 radical (unpaired) electrons.